The molecule has 31 heavy (non-hydrogen) atoms. The summed E-state index contributed by atoms with van der Waals surface area (Å²) >= 11 is 18.0. The molecule has 0 atom stereocenters. The zero-order valence-electron chi connectivity index (χ0n) is 16.2. The molecule has 4 nitrogen and oxygen atoms in total. The van der Waals surface area contributed by atoms with Gasteiger partial charge in [0.25, 0.3) is 0 Å². The van der Waals surface area contributed by atoms with Crippen LogP contribution in [0.4, 0.5) is 0 Å². The molecule has 0 N–H and O–H groups in total. The van der Waals surface area contributed by atoms with E-state index < -0.39 is 0 Å². The number of benzene rings is 3. The quantitative estimate of drug-likeness (QED) is 0.286. The molecule has 1 aliphatic heterocycles. The number of carbonyl (C=O) groups excluding carboxylic acids is 1. The average molecular weight is 476 g/mol. The van der Waals surface area contributed by atoms with Crippen molar-refractivity contribution >= 4 is 51.9 Å². The molecule has 4 rings (SSSR count). The van der Waals surface area contributed by atoms with Crippen molar-refractivity contribution in [1.82, 2.24) is 0 Å². The molecule has 0 saturated carbocycles. The second kappa shape index (κ2) is 9.65. The van der Waals surface area contributed by atoms with Crippen LogP contribution >= 0.6 is 34.8 Å². The van der Waals surface area contributed by atoms with Crippen LogP contribution in [0, 0.1) is 0 Å². The minimum atomic E-state index is -0.384. The lowest BCUT2D eigenvalue weighted by Crippen LogP contribution is -2.11. The highest BCUT2D eigenvalue weighted by Crippen LogP contribution is 2.37. The van der Waals surface area contributed by atoms with E-state index in [1.165, 1.54) is 0 Å². The summed E-state index contributed by atoms with van der Waals surface area (Å²) < 4.78 is 16.9. The van der Waals surface area contributed by atoms with Crippen molar-refractivity contribution in [2.24, 2.45) is 0 Å². The molecule has 0 radical (unpaired) electrons. The fraction of sp³-hybridized carbons (Fsp3) is 0.125. The molecule has 0 aliphatic carbocycles. The Morgan fingerprint density at radius 2 is 1.48 bits per heavy atom. The van der Waals surface area contributed by atoms with Gasteiger partial charge in [0.2, 0.25) is 0 Å². The Morgan fingerprint density at radius 3 is 2.23 bits per heavy atom. The van der Waals surface area contributed by atoms with Crippen molar-refractivity contribution in [2.45, 2.75) is 0 Å². The first kappa shape index (κ1) is 21.6. The standard InChI is InChI=1S/C24H17Cl3O4/c25-16-7-5-15(6-8-16)19-14-31-24(28)23(19)18-3-1-2-4-21(18)29-11-12-30-22-10-9-17(26)13-20(22)27/h1-10,13H,11-12,14H2. The second-order valence-electron chi connectivity index (χ2n) is 6.70. The Hall–Kier alpha value is -2.66. The molecule has 0 spiro atoms. The fourth-order valence-corrected chi connectivity index (χ4v) is 3.84. The maximum absolute atomic E-state index is 12.5. The summed E-state index contributed by atoms with van der Waals surface area (Å²) in [5.74, 6) is 0.703. The first-order valence-electron chi connectivity index (χ1n) is 9.49. The lowest BCUT2D eigenvalue weighted by Gasteiger charge is -2.13. The van der Waals surface area contributed by atoms with Crippen molar-refractivity contribution in [3.63, 3.8) is 0 Å². The summed E-state index contributed by atoms with van der Waals surface area (Å²) in [7, 11) is 0. The Bertz CT molecular complexity index is 1140. The molecule has 1 aliphatic rings. The molecule has 158 valence electrons. The Morgan fingerprint density at radius 1 is 0.806 bits per heavy atom. The predicted octanol–water partition coefficient (Wildman–Crippen LogP) is 6.57. The molecule has 3 aromatic carbocycles. The van der Waals surface area contributed by atoms with Gasteiger partial charge >= 0.3 is 5.97 Å². The maximum Gasteiger partial charge on any atom is 0.339 e. The summed E-state index contributed by atoms with van der Waals surface area (Å²) in [6.07, 6.45) is 0. The van der Waals surface area contributed by atoms with Gasteiger partial charge in [-0.15, -0.1) is 0 Å². The molecule has 0 unspecified atom stereocenters. The van der Waals surface area contributed by atoms with Crippen LogP contribution in [0.15, 0.2) is 66.7 Å². The van der Waals surface area contributed by atoms with E-state index in [1.807, 2.05) is 36.4 Å². The third-order valence-corrected chi connectivity index (χ3v) is 5.48. The molecule has 0 aromatic heterocycles. The minimum absolute atomic E-state index is 0.197. The highest BCUT2D eigenvalue weighted by Gasteiger charge is 2.29. The lowest BCUT2D eigenvalue weighted by atomic mass is 9.96. The molecule has 7 heteroatoms. The van der Waals surface area contributed by atoms with Crippen molar-refractivity contribution in [2.75, 3.05) is 19.8 Å². The molecule has 3 aromatic rings. The number of hydrogen-bond donors (Lipinski definition) is 0. The van der Waals surface area contributed by atoms with Gasteiger partial charge in [-0.1, -0.05) is 65.1 Å². The molecule has 0 fully saturated rings. The zero-order chi connectivity index (χ0) is 21.8. The zero-order valence-corrected chi connectivity index (χ0v) is 18.5. The summed E-state index contributed by atoms with van der Waals surface area (Å²) in [5, 5.41) is 1.59. The van der Waals surface area contributed by atoms with Gasteiger partial charge < -0.3 is 14.2 Å². The van der Waals surface area contributed by atoms with E-state index in [-0.39, 0.29) is 25.8 Å². The number of hydrogen-bond acceptors (Lipinski definition) is 4. The van der Waals surface area contributed by atoms with Crippen molar-refractivity contribution < 1.29 is 19.0 Å². The number of para-hydroxylation sites is 1. The van der Waals surface area contributed by atoms with Gasteiger partial charge in [-0.2, -0.15) is 0 Å². The second-order valence-corrected chi connectivity index (χ2v) is 7.98. The van der Waals surface area contributed by atoms with Crippen LogP contribution in [-0.2, 0) is 9.53 Å². The van der Waals surface area contributed by atoms with Crippen LogP contribution in [0.3, 0.4) is 0 Å². The molecule has 0 amide bonds. The first-order chi connectivity index (χ1) is 15.0. The Kier molecular flexibility index (Phi) is 6.71. The van der Waals surface area contributed by atoms with Crippen LogP contribution in [0.2, 0.25) is 15.1 Å². The topological polar surface area (TPSA) is 44.8 Å². The summed E-state index contributed by atoms with van der Waals surface area (Å²) in [5.41, 5.74) is 2.82. The van der Waals surface area contributed by atoms with E-state index in [0.29, 0.717) is 37.7 Å². The molecule has 0 saturated heterocycles. The number of halogens is 3. The molecular formula is C24H17Cl3O4. The minimum Gasteiger partial charge on any atom is -0.489 e. The Balaban J connectivity index is 1.53. The van der Waals surface area contributed by atoms with Gasteiger partial charge in [0.05, 0.1) is 10.6 Å². The van der Waals surface area contributed by atoms with E-state index in [0.717, 1.165) is 11.1 Å². The van der Waals surface area contributed by atoms with Crippen molar-refractivity contribution in [3.05, 3.63) is 92.9 Å². The monoisotopic (exact) mass is 474 g/mol. The van der Waals surface area contributed by atoms with Crippen LogP contribution < -0.4 is 9.47 Å². The number of esters is 1. The van der Waals surface area contributed by atoms with Gasteiger partial charge in [-0.3, -0.25) is 0 Å². The van der Waals surface area contributed by atoms with E-state index in [9.17, 15) is 4.79 Å². The summed E-state index contributed by atoms with van der Waals surface area (Å²) in [6.45, 7) is 0.722. The number of cyclic esters (lactones) is 1. The lowest BCUT2D eigenvalue weighted by molar-refractivity contribution is -0.133. The average Bonchev–Trinajstić information content (AvgIpc) is 3.14. The van der Waals surface area contributed by atoms with Crippen molar-refractivity contribution in [1.29, 1.82) is 0 Å². The van der Waals surface area contributed by atoms with Crippen LogP contribution in [0.5, 0.6) is 11.5 Å². The molecular weight excluding hydrogens is 459 g/mol. The number of rotatable bonds is 7. The maximum atomic E-state index is 12.5. The van der Waals surface area contributed by atoms with Gasteiger partial charge in [0.15, 0.2) is 0 Å². The predicted molar refractivity (Wildman–Crippen MR) is 123 cm³/mol. The summed E-state index contributed by atoms with van der Waals surface area (Å²) in [4.78, 5) is 12.5. The molecule has 1 heterocycles. The third kappa shape index (κ3) is 4.99. The van der Waals surface area contributed by atoms with Crippen molar-refractivity contribution in [3.8, 4) is 11.5 Å². The van der Waals surface area contributed by atoms with Crippen LogP contribution in [0.25, 0.3) is 11.1 Å². The van der Waals surface area contributed by atoms with E-state index in [1.54, 1.807) is 30.3 Å². The van der Waals surface area contributed by atoms with Gasteiger partial charge in [0, 0.05) is 21.2 Å². The Labute approximate surface area is 194 Å². The van der Waals surface area contributed by atoms with Gasteiger partial charge in [0.1, 0.15) is 31.3 Å². The first-order valence-corrected chi connectivity index (χ1v) is 10.6. The third-order valence-electron chi connectivity index (χ3n) is 4.69. The normalized spacial score (nSPS) is 13.3. The number of ether oxygens (including phenoxy) is 3. The van der Waals surface area contributed by atoms with E-state index in [2.05, 4.69) is 0 Å². The number of carbonyl (C=O) groups is 1. The smallest absolute Gasteiger partial charge is 0.339 e. The fourth-order valence-electron chi connectivity index (χ4n) is 3.25. The van der Waals surface area contributed by atoms with Crippen LogP contribution in [0.1, 0.15) is 11.1 Å². The SMILES string of the molecule is O=C1OCC(c2ccc(Cl)cc2)=C1c1ccccc1OCCOc1ccc(Cl)cc1Cl. The highest BCUT2D eigenvalue weighted by molar-refractivity contribution is 6.35. The van der Waals surface area contributed by atoms with E-state index in [4.69, 9.17) is 49.0 Å². The highest BCUT2D eigenvalue weighted by atomic mass is 35.5. The van der Waals surface area contributed by atoms with E-state index >= 15 is 0 Å². The summed E-state index contributed by atoms with van der Waals surface area (Å²) in [6, 6.07) is 19.7. The largest absolute Gasteiger partial charge is 0.489 e. The van der Waals surface area contributed by atoms with Gasteiger partial charge in [-0.05, 0) is 42.0 Å². The van der Waals surface area contributed by atoms with Crippen LogP contribution in [-0.4, -0.2) is 25.8 Å². The molecule has 0 bridgehead atoms. The van der Waals surface area contributed by atoms with Gasteiger partial charge in [-0.25, -0.2) is 4.79 Å².